The van der Waals surface area contributed by atoms with Gasteiger partial charge in [0.15, 0.2) is 0 Å². The van der Waals surface area contributed by atoms with Gasteiger partial charge in [0.05, 0.1) is 11.2 Å². The summed E-state index contributed by atoms with van der Waals surface area (Å²) in [6, 6.07) is 0. The van der Waals surface area contributed by atoms with Crippen LogP contribution in [-0.2, 0) is 11.8 Å². The van der Waals surface area contributed by atoms with E-state index in [4.69, 9.17) is 17.3 Å². The Bertz CT molecular complexity index is 487. The second kappa shape index (κ2) is 6.26. The van der Waals surface area contributed by atoms with Crippen LogP contribution in [0.4, 0.5) is 0 Å². The number of carbonyl (C=O) groups excluding carboxylic acids is 2. The van der Waals surface area contributed by atoms with Crippen LogP contribution in [0.5, 0.6) is 0 Å². The molecule has 1 aliphatic carbocycles. The zero-order chi connectivity index (χ0) is 14.7. The van der Waals surface area contributed by atoms with E-state index in [-0.39, 0.29) is 17.7 Å². The van der Waals surface area contributed by atoms with Crippen molar-refractivity contribution in [3.05, 3.63) is 16.9 Å². The van der Waals surface area contributed by atoms with Gasteiger partial charge in [-0.1, -0.05) is 11.6 Å². The van der Waals surface area contributed by atoms with Crippen molar-refractivity contribution in [2.24, 2.45) is 24.6 Å². The van der Waals surface area contributed by atoms with Gasteiger partial charge in [-0.05, 0) is 31.6 Å². The predicted molar refractivity (Wildman–Crippen MR) is 75.2 cm³/mol. The second-order valence-electron chi connectivity index (χ2n) is 5.29. The third-order valence-electron chi connectivity index (χ3n) is 3.91. The monoisotopic (exact) mass is 298 g/mol. The minimum atomic E-state index is -0.216. The van der Waals surface area contributed by atoms with Crippen LogP contribution in [0.2, 0.25) is 5.02 Å². The second-order valence-corrected chi connectivity index (χ2v) is 5.70. The first-order valence-electron chi connectivity index (χ1n) is 6.74. The standard InChI is InChI=1S/C13H19ClN4O2/c1-18-11(10(14)7-17-18)13(20)16-6-8-2-4-9(5-3-8)12(15)19/h7-9H,2-6H2,1H3,(H2,15,19)(H,16,20). The molecule has 2 rings (SSSR count). The van der Waals surface area contributed by atoms with Gasteiger partial charge in [0.25, 0.3) is 5.91 Å². The number of nitrogens with zero attached hydrogens (tertiary/aromatic N) is 2. The van der Waals surface area contributed by atoms with E-state index in [1.54, 1.807) is 7.05 Å². The summed E-state index contributed by atoms with van der Waals surface area (Å²) in [5.74, 6) is -0.0452. The Morgan fingerprint density at radius 1 is 1.45 bits per heavy atom. The number of nitrogens with two attached hydrogens (primary N) is 1. The lowest BCUT2D eigenvalue weighted by molar-refractivity contribution is -0.122. The van der Waals surface area contributed by atoms with Crippen molar-refractivity contribution < 1.29 is 9.59 Å². The topological polar surface area (TPSA) is 90.0 Å². The van der Waals surface area contributed by atoms with Gasteiger partial charge in [0.1, 0.15) is 5.69 Å². The SMILES string of the molecule is Cn1ncc(Cl)c1C(=O)NCC1CCC(C(N)=O)CC1. The molecule has 1 fully saturated rings. The Labute approximate surface area is 122 Å². The molecule has 6 nitrogen and oxygen atoms in total. The smallest absolute Gasteiger partial charge is 0.271 e. The van der Waals surface area contributed by atoms with Gasteiger partial charge in [-0.2, -0.15) is 5.10 Å². The number of carbonyl (C=O) groups is 2. The molecule has 1 heterocycles. The lowest BCUT2D eigenvalue weighted by Crippen LogP contribution is -2.34. The fourth-order valence-electron chi connectivity index (χ4n) is 2.64. The van der Waals surface area contributed by atoms with Crippen LogP contribution in [0.15, 0.2) is 6.20 Å². The van der Waals surface area contributed by atoms with Gasteiger partial charge in [-0.25, -0.2) is 0 Å². The number of rotatable bonds is 4. The summed E-state index contributed by atoms with van der Waals surface area (Å²) in [6.45, 7) is 0.589. The fraction of sp³-hybridized carbons (Fsp3) is 0.615. The molecule has 1 aromatic rings. The Morgan fingerprint density at radius 3 is 2.60 bits per heavy atom. The first kappa shape index (κ1) is 14.8. The Balaban J connectivity index is 1.82. The number of amides is 2. The molecule has 1 aromatic heterocycles. The van der Waals surface area contributed by atoms with Gasteiger partial charge in [0.2, 0.25) is 5.91 Å². The molecular weight excluding hydrogens is 280 g/mol. The van der Waals surface area contributed by atoms with Crippen LogP contribution >= 0.6 is 11.6 Å². The number of hydrogen-bond acceptors (Lipinski definition) is 3. The van der Waals surface area contributed by atoms with E-state index in [1.807, 2.05) is 0 Å². The number of primary amides is 1. The highest BCUT2D eigenvalue weighted by Gasteiger charge is 2.25. The molecule has 0 radical (unpaired) electrons. The number of halogens is 1. The van der Waals surface area contributed by atoms with Gasteiger partial charge < -0.3 is 11.1 Å². The van der Waals surface area contributed by atoms with E-state index >= 15 is 0 Å². The maximum absolute atomic E-state index is 12.0. The molecule has 0 aliphatic heterocycles. The van der Waals surface area contributed by atoms with Crippen LogP contribution < -0.4 is 11.1 Å². The summed E-state index contributed by atoms with van der Waals surface area (Å²) in [7, 11) is 1.68. The highest BCUT2D eigenvalue weighted by Crippen LogP contribution is 2.28. The molecule has 110 valence electrons. The third kappa shape index (κ3) is 3.30. The summed E-state index contributed by atoms with van der Waals surface area (Å²) >= 11 is 5.92. The first-order valence-corrected chi connectivity index (χ1v) is 7.12. The molecule has 1 saturated carbocycles. The van der Waals surface area contributed by atoms with Crippen LogP contribution in [0.3, 0.4) is 0 Å². The van der Waals surface area contributed by atoms with Crippen molar-refractivity contribution in [1.29, 1.82) is 0 Å². The Kier molecular flexibility index (Phi) is 4.65. The van der Waals surface area contributed by atoms with Crippen molar-refractivity contribution in [2.45, 2.75) is 25.7 Å². The van der Waals surface area contributed by atoms with Gasteiger partial charge in [0, 0.05) is 19.5 Å². The number of aryl methyl sites for hydroxylation is 1. The largest absolute Gasteiger partial charge is 0.369 e. The zero-order valence-electron chi connectivity index (χ0n) is 11.4. The number of aromatic nitrogens is 2. The molecule has 1 aliphatic rings. The molecule has 0 saturated heterocycles. The van der Waals surface area contributed by atoms with Crippen molar-refractivity contribution in [1.82, 2.24) is 15.1 Å². The van der Waals surface area contributed by atoms with E-state index < -0.39 is 0 Å². The summed E-state index contributed by atoms with van der Waals surface area (Å²) in [6.07, 6.45) is 4.89. The summed E-state index contributed by atoms with van der Waals surface area (Å²) < 4.78 is 1.46. The van der Waals surface area contributed by atoms with Crippen LogP contribution in [0.1, 0.15) is 36.2 Å². The number of hydrogen-bond donors (Lipinski definition) is 2. The minimum Gasteiger partial charge on any atom is -0.369 e. The van der Waals surface area contributed by atoms with E-state index in [9.17, 15) is 9.59 Å². The van der Waals surface area contributed by atoms with E-state index in [2.05, 4.69) is 10.4 Å². The Hall–Kier alpha value is -1.56. The summed E-state index contributed by atoms with van der Waals surface area (Å²) in [5, 5.41) is 7.16. The van der Waals surface area contributed by atoms with E-state index in [1.165, 1.54) is 10.9 Å². The molecule has 20 heavy (non-hydrogen) atoms. The molecule has 7 heteroatoms. The van der Waals surface area contributed by atoms with Gasteiger partial charge >= 0.3 is 0 Å². The summed E-state index contributed by atoms with van der Waals surface area (Å²) in [5.41, 5.74) is 5.67. The predicted octanol–water partition coefficient (Wildman–Crippen LogP) is 1.09. The van der Waals surface area contributed by atoms with Crippen LogP contribution in [0.25, 0.3) is 0 Å². The molecule has 3 N–H and O–H groups in total. The molecule has 0 atom stereocenters. The first-order chi connectivity index (χ1) is 9.49. The quantitative estimate of drug-likeness (QED) is 0.872. The fourth-order valence-corrected chi connectivity index (χ4v) is 2.89. The molecule has 0 bridgehead atoms. The maximum atomic E-state index is 12.0. The van der Waals surface area contributed by atoms with Crippen molar-refractivity contribution in [2.75, 3.05) is 6.54 Å². The van der Waals surface area contributed by atoms with E-state index in [0.717, 1.165) is 25.7 Å². The molecule has 2 amide bonds. The molecular formula is C13H19ClN4O2. The average molecular weight is 299 g/mol. The van der Waals surface area contributed by atoms with Crippen LogP contribution in [-0.4, -0.2) is 28.1 Å². The normalized spacial score (nSPS) is 22.5. The Morgan fingerprint density at radius 2 is 2.10 bits per heavy atom. The van der Waals surface area contributed by atoms with Crippen molar-refractivity contribution in [3.63, 3.8) is 0 Å². The zero-order valence-corrected chi connectivity index (χ0v) is 12.2. The van der Waals surface area contributed by atoms with E-state index in [0.29, 0.717) is 23.2 Å². The van der Waals surface area contributed by atoms with Crippen LogP contribution in [0, 0.1) is 11.8 Å². The highest BCUT2D eigenvalue weighted by atomic mass is 35.5. The molecule has 0 aromatic carbocycles. The van der Waals surface area contributed by atoms with Gasteiger partial charge in [-0.15, -0.1) is 0 Å². The lowest BCUT2D eigenvalue weighted by Gasteiger charge is -2.26. The minimum absolute atomic E-state index is 0.00605. The van der Waals surface area contributed by atoms with Crippen molar-refractivity contribution in [3.8, 4) is 0 Å². The third-order valence-corrected chi connectivity index (χ3v) is 4.19. The molecule has 0 spiro atoms. The number of nitrogens with one attached hydrogen (secondary N) is 1. The van der Waals surface area contributed by atoms with Gasteiger partial charge in [-0.3, -0.25) is 14.3 Å². The lowest BCUT2D eigenvalue weighted by atomic mass is 9.81. The molecule has 0 unspecified atom stereocenters. The average Bonchev–Trinajstić information content (AvgIpc) is 2.76. The summed E-state index contributed by atoms with van der Waals surface area (Å²) in [4.78, 5) is 23.1. The van der Waals surface area contributed by atoms with Crippen molar-refractivity contribution >= 4 is 23.4 Å². The highest BCUT2D eigenvalue weighted by molar-refractivity contribution is 6.33. The maximum Gasteiger partial charge on any atom is 0.271 e.